The fourth-order valence-electron chi connectivity index (χ4n) is 1.86. The van der Waals surface area contributed by atoms with Gasteiger partial charge in [-0.3, -0.25) is 4.79 Å². The van der Waals surface area contributed by atoms with Crippen LogP contribution in [0.1, 0.15) is 38.5 Å². The Hall–Kier alpha value is -1.40. The molecule has 22 heavy (non-hydrogen) atoms. The van der Waals surface area contributed by atoms with Crippen molar-refractivity contribution >= 4 is 33.8 Å². The van der Waals surface area contributed by atoms with Crippen molar-refractivity contribution in [2.75, 3.05) is 11.9 Å². The number of aromatic nitrogens is 1. The Morgan fingerprint density at radius 3 is 2.77 bits per heavy atom. The summed E-state index contributed by atoms with van der Waals surface area (Å²) in [6.07, 6.45) is 1.16. The Labute approximate surface area is 139 Å². The number of carbonyl (C=O) groups excluding carboxylic acids is 1. The second-order valence-corrected chi connectivity index (χ2v) is 8.21. The largest absolute Gasteiger partial charge is 0.460 e. The summed E-state index contributed by atoms with van der Waals surface area (Å²) in [5.74, 6) is -0.150. The van der Waals surface area contributed by atoms with E-state index in [1.165, 1.54) is 9.75 Å². The molecular formula is C16H22N2O2S2. The van der Waals surface area contributed by atoms with Gasteiger partial charge in [-0.05, 0) is 46.2 Å². The fourth-order valence-corrected chi connectivity index (χ4v) is 3.50. The van der Waals surface area contributed by atoms with Gasteiger partial charge in [-0.25, -0.2) is 4.98 Å². The predicted molar refractivity (Wildman–Crippen MR) is 93.7 cm³/mol. The average Bonchev–Trinajstić information content (AvgIpc) is 3.01. The number of nitrogens with one attached hydrogen (secondary N) is 1. The molecule has 0 aromatic carbocycles. The smallest absolute Gasteiger partial charge is 0.306 e. The van der Waals surface area contributed by atoms with Crippen LogP contribution in [0, 0.1) is 6.92 Å². The Balaban J connectivity index is 1.74. The summed E-state index contributed by atoms with van der Waals surface area (Å²) in [6.45, 7) is 8.46. The molecule has 6 heteroatoms. The first kappa shape index (κ1) is 17.0. The molecule has 0 atom stereocenters. The maximum atomic E-state index is 11.6. The number of hydrogen-bond acceptors (Lipinski definition) is 6. The van der Waals surface area contributed by atoms with E-state index in [-0.39, 0.29) is 5.97 Å². The number of hydrogen-bond donors (Lipinski definition) is 1. The Kier molecular flexibility index (Phi) is 5.58. The van der Waals surface area contributed by atoms with E-state index in [0.717, 1.165) is 23.8 Å². The first-order chi connectivity index (χ1) is 10.3. The van der Waals surface area contributed by atoms with Gasteiger partial charge in [0.2, 0.25) is 0 Å². The summed E-state index contributed by atoms with van der Waals surface area (Å²) in [4.78, 5) is 18.6. The van der Waals surface area contributed by atoms with Crippen molar-refractivity contribution in [3.8, 4) is 10.6 Å². The minimum atomic E-state index is -0.409. The number of thiazole rings is 1. The van der Waals surface area contributed by atoms with Gasteiger partial charge in [0.25, 0.3) is 0 Å². The zero-order valence-electron chi connectivity index (χ0n) is 13.4. The molecule has 4 nitrogen and oxygen atoms in total. The van der Waals surface area contributed by atoms with Crippen LogP contribution in [-0.2, 0) is 9.53 Å². The monoisotopic (exact) mass is 338 g/mol. The van der Waals surface area contributed by atoms with Gasteiger partial charge in [0.1, 0.15) is 5.60 Å². The zero-order chi connectivity index (χ0) is 16.2. The molecular weight excluding hydrogens is 316 g/mol. The van der Waals surface area contributed by atoms with Crippen molar-refractivity contribution < 1.29 is 9.53 Å². The van der Waals surface area contributed by atoms with E-state index < -0.39 is 5.60 Å². The van der Waals surface area contributed by atoms with E-state index in [1.54, 1.807) is 22.7 Å². The van der Waals surface area contributed by atoms with Gasteiger partial charge in [0.15, 0.2) is 5.13 Å². The molecule has 2 aromatic heterocycles. The molecule has 0 saturated carbocycles. The van der Waals surface area contributed by atoms with E-state index in [2.05, 4.69) is 34.7 Å². The van der Waals surface area contributed by atoms with E-state index in [0.29, 0.717) is 6.42 Å². The maximum Gasteiger partial charge on any atom is 0.306 e. The van der Waals surface area contributed by atoms with Gasteiger partial charge in [0, 0.05) is 23.2 Å². The highest BCUT2D eigenvalue weighted by molar-refractivity contribution is 7.16. The number of nitrogens with zero attached hydrogens (tertiary/aromatic N) is 1. The lowest BCUT2D eigenvalue weighted by Crippen LogP contribution is -2.24. The molecule has 120 valence electrons. The van der Waals surface area contributed by atoms with Crippen LogP contribution < -0.4 is 5.32 Å². The summed E-state index contributed by atoms with van der Waals surface area (Å²) in [5.41, 5.74) is 0.603. The molecule has 1 N–H and O–H groups in total. The van der Waals surface area contributed by atoms with Crippen LogP contribution in [0.4, 0.5) is 5.13 Å². The third-order valence-electron chi connectivity index (χ3n) is 2.75. The highest BCUT2D eigenvalue weighted by Crippen LogP contribution is 2.30. The molecule has 0 fully saturated rings. The van der Waals surface area contributed by atoms with Crippen LogP contribution in [0.5, 0.6) is 0 Å². The second kappa shape index (κ2) is 7.24. The second-order valence-electron chi connectivity index (χ2n) is 6.06. The van der Waals surface area contributed by atoms with Crippen LogP contribution in [0.25, 0.3) is 10.6 Å². The van der Waals surface area contributed by atoms with Crippen molar-refractivity contribution in [2.45, 2.75) is 46.1 Å². The van der Waals surface area contributed by atoms with Crippen molar-refractivity contribution in [1.82, 2.24) is 4.98 Å². The van der Waals surface area contributed by atoms with Crippen LogP contribution in [0.3, 0.4) is 0 Å². The zero-order valence-corrected chi connectivity index (χ0v) is 15.1. The lowest BCUT2D eigenvalue weighted by atomic mass is 10.2. The number of thiophene rings is 1. The number of anilines is 1. The standard InChI is InChI=1S/C16H22N2O2S2/c1-11-7-8-13(22-11)12-10-21-15(18-12)17-9-5-6-14(19)20-16(2,3)4/h7-8,10H,5-6,9H2,1-4H3,(H,17,18). The van der Waals surface area contributed by atoms with Crippen LogP contribution in [0.2, 0.25) is 0 Å². The molecule has 0 spiro atoms. The van der Waals surface area contributed by atoms with E-state index >= 15 is 0 Å². The van der Waals surface area contributed by atoms with E-state index in [4.69, 9.17) is 4.74 Å². The first-order valence-electron chi connectivity index (χ1n) is 7.31. The molecule has 0 radical (unpaired) electrons. The summed E-state index contributed by atoms with van der Waals surface area (Å²) < 4.78 is 5.28. The molecule has 0 aliphatic carbocycles. The van der Waals surface area contributed by atoms with Crippen molar-refractivity contribution in [3.05, 3.63) is 22.4 Å². The summed E-state index contributed by atoms with van der Waals surface area (Å²) >= 11 is 3.34. The fraction of sp³-hybridized carbons (Fsp3) is 0.500. The molecule has 0 aliphatic rings. The van der Waals surface area contributed by atoms with E-state index in [9.17, 15) is 4.79 Å². The number of ether oxygens (including phenoxy) is 1. The Bertz CT molecular complexity index is 626. The third-order valence-corrected chi connectivity index (χ3v) is 4.57. The minimum Gasteiger partial charge on any atom is -0.460 e. The minimum absolute atomic E-state index is 0.150. The van der Waals surface area contributed by atoms with Gasteiger partial charge in [0.05, 0.1) is 10.6 Å². The summed E-state index contributed by atoms with van der Waals surface area (Å²) in [6, 6.07) is 4.20. The van der Waals surface area contributed by atoms with E-state index in [1.807, 2.05) is 20.8 Å². The molecule has 0 bridgehead atoms. The number of aryl methyl sites for hydroxylation is 1. The quantitative estimate of drug-likeness (QED) is 0.612. The Morgan fingerprint density at radius 2 is 2.14 bits per heavy atom. The topological polar surface area (TPSA) is 51.2 Å². The average molecular weight is 338 g/mol. The first-order valence-corrected chi connectivity index (χ1v) is 9.01. The van der Waals surface area contributed by atoms with Gasteiger partial charge in [-0.15, -0.1) is 22.7 Å². The van der Waals surface area contributed by atoms with Gasteiger partial charge in [-0.1, -0.05) is 0 Å². The van der Waals surface area contributed by atoms with Crippen molar-refractivity contribution in [1.29, 1.82) is 0 Å². The predicted octanol–water partition coefficient (Wildman–Crippen LogP) is 4.71. The molecule has 0 unspecified atom stereocenters. The Morgan fingerprint density at radius 1 is 1.36 bits per heavy atom. The van der Waals surface area contributed by atoms with Crippen LogP contribution in [0.15, 0.2) is 17.5 Å². The van der Waals surface area contributed by atoms with Crippen molar-refractivity contribution in [2.24, 2.45) is 0 Å². The highest BCUT2D eigenvalue weighted by Gasteiger charge is 2.15. The molecule has 2 aromatic rings. The highest BCUT2D eigenvalue weighted by atomic mass is 32.1. The number of rotatable bonds is 6. The van der Waals surface area contributed by atoms with Crippen LogP contribution >= 0.6 is 22.7 Å². The number of carbonyl (C=O) groups is 1. The third kappa shape index (κ3) is 5.42. The van der Waals surface area contributed by atoms with Crippen molar-refractivity contribution in [3.63, 3.8) is 0 Å². The molecule has 2 rings (SSSR count). The van der Waals surface area contributed by atoms with Gasteiger partial charge in [-0.2, -0.15) is 0 Å². The molecule has 0 saturated heterocycles. The molecule has 2 heterocycles. The molecule has 0 aliphatic heterocycles. The summed E-state index contributed by atoms with van der Waals surface area (Å²) in [5, 5.41) is 6.21. The number of esters is 1. The SMILES string of the molecule is Cc1ccc(-c2csc(NCCCC(=O)OC(C)(C)C)n2)s1. The van der Waals surface area contributed by atoms with Gasteiger partial charge >= 0.3 is 5.97 Å². The normalized spacial score (nSPS) is 11.5. The lowest BCUT2D eigenvalue weighted by molar-refractivity contribution is -0.154. The maximum absolute atomic E-state index is 11.6. The lowest BCUT2D eigenvalue weighted by Gasteiger charge is -2.19. The summed E-state index contributed by atoms with van der Waals surface area (Å²) in [7, 11) is 0. The van der Waals surface area contributed by atoms with Gasteiger partial charge < -0.3 is 10.1 Å². The van der Waals surface area contributed by atoms with Crippen LogP contribution in [-0.4, -0.2) is 23.1 Å². The molecule has 0 amide bonds.